The molecule has 1 aliphatic carbocycles. The number of halogens is 3. The molecular weight excluding hydrogens is 545 g/mol. The molecule has 2 amide bonds. The van der Waals surface area contributed by atoms with Gasteiger partial charge >= 0.3 is 0 Å². The minimum atomic E-state index is -3.85. The Morgan fingerprint density at radius 2 is 1.75 bits per heavy atom. The molecule has 0 aliphatic heterocycles. The van der Waals surface area contributed by atoms with Gasteiger partial charge in [0.25, 0.3) is 0 Å². The van der Waals surface area contributed by atoms with E-state index in [9.17, 15) is 18.0 Å². The van der Waals surface area contributed by atoms with Gasteiger partial charge in [0.15, 0.2) is 0 Å². The number of nitrogens with one attached hydrogen (secondary N) is 1. The van der Waals surface area contributed by atoms with Gasteiger partial charge < -0.3 is 10.2 Å². The topological polar surface area (TPSA) is 86.8 Å². The minimum Gasteiger partial charge on any atom is -0.352 e. The molecule has 0 spiro atoms. The molecule has 0 saturated heterocycles. The first-order valence-electron chi connectivity index (χ1n) is 11.6. The Kier molecular flexibility index (Phi) is 9.55. The minimum absolute atomic E-state index is 0.000217. The summed E-state index contributed by atoms with van der Waals surface area (Å²) in [6.45, 7) is 2.80. The maximum absolute atomic E-state index is 13.7. The Bertz CT molecular complexity index is 1230. The summed E-state index contributed by atoms with van der Waals surface area (Å²) in [6, 6.07) is 8.94. The third-order valence-electron chi connectivity index (χ3n) is 6.41. The number of anilines is 1. The van der Waals surface area contributed by atoms with Gasteiger partial charge in [-0.1, -0.05) is 59.8 Å². The summed E-state index contributed by atoms with van der Waals surface area (Å²) in [6.07, 6.45) is 4.91. The predicted molar refractivity (Wildman–Crippen MR) is 145 cm³/mol. The van der Waals surface area contributed by atoms with Crippen LogP contribution in [0, 0.1) is 6.92 Å². The molecule has 1 atom stereocenters. The number of carbonyl (C=O) groups excluding carboxylic acids is 2. The molecule has 11 heteroatoms. The fourth-order valence-corrected chi connectivity index (χ4v) is 5.81. The Balaban J connectivity index is 1.94. The highest BCUT2D eigenvalue weighted by molar-refractivity contribution is 7.92. The van der Waals surface area contributed by atoms with E-state index in [-0.39, 0.29) is 18.5 Å². The maximum atomic E-state index is 13.7. The van der Waals surface area contributed by atoms with Gasteiger partial charge in [-0.05, 0) is 62.1 Å². The zero-order chi connectivity index (χ0) is 26.6. The van der Waals surface area contributed by atoms with Crippen molar-refractivity contribution in [3.8, 4) is 0 Å². The molecule has 196 valence electrons. The Morgan fingerprint density at radius 3 is 2.36 bits per heavy atom. The number of nitrogens with zero attached hydrogens (tertiary/aromatic N) is 2. The average Bonchev–Trinajstić information content (AvgIpc) is 3.31. The summed E-state index contributed by atoms with van der Waals surface area (Å²) < 4.78 is 26.5. The van der Waals surface area contributed by atoms with Gasteiger partial charge in [-0.15, -0.1) is 0 Å². The molecule has 1 fully saturated rings. The van der Waals surface area contributed by atoms with Crippen molar-refractivity contribution in [1.29, 1.82) is 0 Å². The third-order valence-corrected chi connectivity index (χ3v) is 8.53. The number of benzene rings is 2. The van der Waals surface area contributed by atoms with Crippen LogP contribution in [0.1, 0.15) is 43.7 Å². The molecule has 1 aliphatic rings. The van der Waals surface area contributed by atoms with E-state index >= 15 is 0 Å². The molecule has 36 heavy (non-hydrogen) atoms. The van der Waals surface area contributed by atoms with Crippen molar-refractivity contribution in [3.63, 3.8) is 0 Å². The van der Waals surface area contributed by atoms with Crippen LogP contribution in [-0.4, -0.2) is 50.0 Å². The zero-order valence-electron chi connectivity index (χ0n) is 20.4. The molecule has 3 rings (SSSR count). The van der Waals surface area contributed by atoms with Crippen LogP contribution in [0.15, 0.2) is 36.4 Å². The summed E-state index contributed by atoms with van der Waals surface area (Å²) in [5.41, 5.74) is 1.40. The largest absolute Gasteiger partial charge is 0.352 e. The lowest BCUT2D eigenvalue weighted by Gasteiger charge is -2.32. The van der Waals surface area contributed by atoms with Crippen LogP contribution in [0.2, 0.25) is 15.1 Å². The van der Waals surface area contributed by atoms with Crippen LogP contribution in [0.3, 0.4) is 0 Å². The van der Waals surface area contributed by atoms with Gasteiger partial charge in [0.2, 0.25) is 21.8 Å². The molecule has 1 saturated carbocycles. The maximum Gasteiger partial charge on any atom is 0.244 e. The van der Waals surface area contributed by atoms with E-state index in [2.05, 4.69) is 5.32 Å². The second-order valence-corrected chi connectivity index (χ2v) is 12.2. The lowest BCUT2D eigenvalue weighted by molar-refractivity contribution is -0.139. The summed E-state index contributed by atoms with van der Waals surface area (Å²) >= 11 is 18.6. The number of amides is 2. The molecule has 2 aromatic carbocycles. The summed E-state index contributed by atoms with van der Waals surface area (Å²) in [4.78, 5) is 28.1. The van der Waals surface area contributed by atoms with Gasteiger partial charge in [-0.3, -0.25) is 13.9 Å². The standard InChI is InChI=1S/C25H30Cl3N3O4S/c1-16-21(27)9-6-10-23(16)31(36(3,34)35)15-24(32)30(14-18-11-12-19(26)13-22(18)28)17(2)25(33)29-20-7-4-5-8-20/h6,9-13,17,20H,4-5,7-8,14-15H2,1-3H3,(H,29,33)/t17-/m1/s1. The average molecular weight is 575 g/mol. The van der Waals surface area contributed by atoms with Crippen molar-refractivity contribution in [1.82, 2.24) is 10.2 Å². The fraction of sp³-hybridized carbons (Fsp3) is 0.440. The van der Waals surface area contributed by atoms with E-state index in [1.54, 1.807) is 50.2 Å². The summed E-state index contributed by atoms with van der Waals surface area (Å²) in [5, 5.41) is 4.18. The number of rotatable bonds is 9. The normalized spacial score (nSPS) is 14.9. The number of sulfonamides is 1. The van der Waals surface area contributed by atoms with Crippen molar-refractivity contribution in [2.24, 2.45) is 0 Å². The number of hydrogen-bond acceptors (Lipinski definition) is 4. The van der Waals surface area contributed by atoms with E-state index in [0.717, 1.165) is 36.2 Å². The van der Waals surface area contributed by atoms with E-state index < -0.39 is 28.5 Å². The molecule has 0 unspecified atom stereocenters. The van der Waals surface area contributed by atoms with Gasteiger partial charge in [0, 0.05) is 27.7 Å². The van der Waals surface area contributed by atoms with Crippen molar-refractivity contribution in [2.45, 2.75) is 58.2 Å². The first kappa shape index (κ1) is 28.6. The van der Waals surface area contributed by atoms with Crippen molar-refractivity contribution >= 4 is 62.3 Å². The van der Waals surface area contributed by atoms with Gasteiger partial charge in [0.1, 0.15) is 12.6 Å². The SMILES string of the molecule is Cc1c(Cl)cccc1N(CC(=O)N(Cc1ccc(Cl)cc1Cl)[C@H](C)C(=O)NC1CCCC1)S(C)(=O)=O. The monoisotopic (exact) mass is 573 g/mol. The smallest absolute Gasteiger partial charge is 0.244 e. The first-order valence-corrected chi connectivity index (χ1v) is 14.6. The number of hydrogen-bond donors (Lipinski definition) is 1. The molecule has 0 radical (unpaired) electrons. The lowest BCUT2D eigenvalue weighted by Crippen LogP contribution is -2.52. The second-order valence-electron chi connectivity index (χ2n) is 9.08. The van der Waals surface area contributed by atoms with Crippen LogP contribution in [-0.2, 0) is 26.2 Å². The molecule has 1 N–H and O–H groups in total. The van der Waals surface area contributed by atoms with Crippen LogP contribution in [0.4, 0.5) is 5.69 Å². The quantitative estimate of drug-likeness (QED) is 0.446. The zero-order valence-corrected chi connectivity index (χ0v) is 23.5. The van der Waals surface area contributed by atoms with Crippen molar-refractivity contribution in [2.75, 3.05) is 17.1 Å². The summed E-state index contributed by atoms with van der Waals surface area (Å²) in [5.74, 6) is -0.856. The lowest BCUT2D eigenvalue weighted by atomic mass is 10.1. The van der Waals surface area contributed by atoms with Crippen molar-refractivity contribution in [3.05, 3.63) is 62.6 Å². The predicted octanol–water partition coefficient (Wildman–Crippen LogP) is 5.20. The third kappa shape index (κ3) is 7.06. The molecule has 0 aromatic heterocycles. The molecule has 2 aromatic rings. The van der Waals surface area contributed by atoms with Gasteiger partial charge in [-0.2, -0.15) is 0 Å². The van der Waals surface area contributed by atoms with E-state index in [0.29, 0.717) is 31.9 Å². The highest BCUT2D eigenvalue weighted by Crippen LogP contribution is 2.29. The van der Waals surface area contributed by atoms with E-state index in [1.807, 2.05) is 0 Å². The Hall–Kier alpha value is -2.00. The van der Waals surface area contributed by atoms with Crippen LogP contribution >= 0.6 is 34.8 Å². The molecular formula is C25H30Cl3N3O4S. The van der Waals surface area contributed by atoms with E-state index in [4.69, 9.17) is 34.8 Å². The highest BCUT2D eigenvalue weighted by atomic mass is 35.5. The Morgan fingerprint density at radius 1 is 1.08 bits per heavy atom. The molecule has 0 heterocycles. The van der Waals surface area contributed by atoms with Gasteiger partial charge in [0.05, 0.1) is 11.9 Å². The summed E-state index contributed by atoms with van der Waals surface area (Å²) in [7, 11) is -3.85. The molecule has 0 bridgehead atoms. The second kappa shape index (κ2) is 12.0. The first-order chi connectivity index (χ1) is 16.9. The number of carbonyl (C=O) groups is 2. The Labute approximate surface area is 227 Å². The van der Waals surface area contributed by atoms with Crippen LogP contribution in [0.5, 0.6) is 0 Å². The molecule has 7 nitrogen and oxygen atoms in total. The highest BCUT2D eigenvalue weighted by Gasteiger charge is 2.32. The van der Waals surface area contributed by atoms with E-state index in [1.165, 1.54) is 4.90 Å². The van der Waals surface area contributed by atoms with Crippen molar-refractivity contribution < 1.29 is 18.0 Å². The van der Waals surface area contributed by atoms with Crippen LogP contribution in [0.25, 0.3) is 0 Å². The van der Waals surface area contributed by atoms with Crippen LogP contribution < -0.4 is 9.62 Å². The fourth-order valence-electron chi connectivity index (χ4n) is 4.27. The van der Waals surface area contributed by atoms with Gasteiger partial charge in [-0.25, -0.2) is 8.42 Å².